The van der Waals surface area contributed by atoms with Crippen LogP contribution in [-0.4, -0.2) is 50.1 Å². The Hall–Kier alpha value is -1.47. The van der Waals surface area contributed by atoms with Crippen LogP contribution in [0.25, 0.3) is 0 Å². The van der Waals surface area contributed by atoms with Crippen molar-refractivity contribution in [3.05, 3.63) is 35.9 Å². The van der Waals surface area contributed by atoms with Crippen LogP contribution < -0.4 is 0 Å². The monoisotopic (exact) mass is 308 g/mol. The van der Waals surface area contributed by atoms with Gasteiger partial charge in [0.2, 0.25) is 0 Å². The Kier molecular flexibility index (Phi) is 4.18. The van der Waals surface area contributed by atoms with Crippen molar-refractivity contribution in [1.29, 1.82) is 0 Å². The summed E-state index contributed by atoms with van der Waals surface area (Å²) in [5, 5.41) is 0. The van der Waals surface area contributed by atoms with E-state index in [0.29, 0.717) is 12.2 Å². The number of methoxy groups -OCH3 is 1. The summed E-state index contributed by atoms with van der Waals surface area (Å²) in [5.41, 5.74) is 0.479. The van der Waals surface area contributed by atoms with E-state index in [9.17, 15) is 4.79 Å². The fraction of sp³-hybridized carbons (Fsp3) is 0.562. The van der Waals surface area contributed by atoms with E-state index < -0.39 is 30.3 Å². The minimum Gasteiger partial charge on any atom is -0.450 e. The average molecular weight is 308 g/mol. The Morgan fingerprint density at radius 1 is 1.27 bits per heavy atom. The van der Waals surface area contributed by atoms with E-state index in [2.05, 4.69) is 0 Å². The highest BCUT2D eigenvalue weighted by Crippen LogP contribution is 2.35. The number of hydrogen-bond donors (Lipinski definition) is 0. The third-order valence-corrected chi connectivity index (χ3v) is 3.77. The Balaban J connectivity index is 1.76. The Morgan fingerprint density at radius 2 is 2.00 bits per heavy atom. The van der Waals surface area contributed by atoms with Crippen LogP contribution in [0.15, 0.2) is 30.3 Å². The van der Waals surface area contributed by atoms with E-state index in [1.54, 1.807) is 24.3 Å². The average Bonchev–Trinajstić information content (AvgIpc) is 2.84. The summed E-state index contributed by atoms with van der Waals surface area (Å²) < 4.78 is 28.0. The second-order valence-corrected chi connectivity index (χ2v) is 5.81. The lowest BCUT2D eigenvalue weighted by Crippen LogP contribution is -2.51. The molecule has 6 heteroatoms. The van der Waals surface area contributed by atoms with Gasteiger partial charge >= 0.3 is 5.97 Å². The first-order chi connectivity index (χ1) is 10.5. The maximum Gasteiger partial charge on any atom is 0.338 e. The van der Waals surface area contributed by atoms with Gasteiger partial charge in [-0.15, -0.1) is 0 Å². The van der Waals surface area contributed by atoms with Crippen LogP contribution in [0.1, 0.15) is 24.2 Å². The minimum absolute atomic E-state index is 0.313. The largest absolute Gasteiger partial charge is 0.450 e. The van der Waals surface area contributed by atoms with Crippen molar-refractivity contribution in [1.82, 2.24) is 0 Å². The summed E-state index contributed by atoms with van der Waals surface area (Å²) in [6.07, 6.45) is -2.03. The fourth-order valence-electron chi connectivity index (χ4n) is 2.69. The number of ether oxygens (including phenoxy) is 5. The minimum atomic E-state index is -0.745. The normalized spacial score (nSPS) is 33.2. The highest BCUT2D eigenvalue weighted by Gasteiger charge is 2.53. The summed E-state index contributed by atoms with van der Waals surface area (Å²) >= 11 is 0. The van der Waals surface area contributed by atoms with Crippen molar-refractivity contribution in [3.63, 3.8) is 0 Å². The maximum absolute atomic E-state index is 12.3. The summed E-state index contributed by atoms with van der Waals surface area (Å²) in [6.45, 7) is 4.01. The summed E-state index contributed by atoms with van der Waals surface area (Å²) in [7, 11) is 1.51. The molecular weight excluding hydrogens is 288 g/mol. The molecule has 120 valence electrons. The van der Waals surface area contributed by atoms with Gasteiger partial charge in [-0.25, -0.2) is 4.79 Å². The van der Waals surface area contributed by atoms with Crippen molar-refractivity contribution in [3.8, 4) is 0 Å². The molecule has 2 fully saturated rings. The van der Waals surface area contributed by atoms with Crippen LogP contribution in [0, 0.1) is 0 Å². The van der Waals surface area contributed by atoms with Crippen LogP contribution in [0.4, 0.5) is 0 Å². The zero-order chi connectivity index (χ0) is 15.7. The molecule has 0 amide bonds. The predicted molar refractivity (Wildman–Crippen MR) is 76.2 cm³/mol. The van der Waals surface area contributed by atoms with Gasteiger partial charge in [0.1, 0.15) is 12.2 Å². The summed E-state index contributed by atoms with van der Waals surface area (Å²) in [4.78, 5) is 12.3. The van der Waals surface area contributed by atoms with E-state index in [4.69, 9.17) is 23.7 Å². The third-order valence-electron chi connectivity index (χ3n) is 3.77. The molecule has 3 rings (SSSR count). The standard InChI is InChI=1S/C16H20O6/c1-16(2)19-9-11-12(22-16)13(15(18-3)20-11)21-14(17)10-7-5-4-6-8-10/h4-8,11-13,15H,9H2,1-3H3. The first kappa shape index (κ1) is 15.4. The highest BCUT2D eigenvalue weighted by atomic mass is 16.8. The lowest BCUT2D eigenvalue weighted by atomic mass is 10.1. The van der Waals surface area contributed by atoms with Gasteiger partial charge in [0.25, 0.3) is 0 Å². The van der Waals surface area contributed by atoms with Crippen LogP contribution in [0.3, 0.4) is 0 Å². The van der Waals surface area contributed by atoms with Crippen molar-refractivity contribution >= 4 is 5.97 Å². The molecule has 22 heavy (non-hydrogen) atoms. The quantitative estimate of drug-likeness (QED) is 0.793. The molecule has 0 spiro atoms. The lowest BCUT2D eigenvalue weighted by molar-refractivity contribution is -0.300. The molecule has 0 aliphatic carbocycles. The second-order valence-electron chi connectivity index (χ2n) is 5.81. The number of hydrogen-bond acceptors (Lipinski definition) is 6. The molecule has 2 aliphatic heterocycles. The Bertz CT molecular complexity index is 529. The van der Waals surface area contributed by atoms with E-state index in [0.717, 1.165) is 0 Å². The molecule has 2 heterocycles. The van der Waals surface area contributed by atoms with Gasteiger partial charge < -0.3 is 23.7 Å². The molecule has 0 saturated carbocycles. The van der Waals surface area contributed by atoms with Crippen LogP contribution >= 0.6 is 0 Å². The zero-order valence-electron chi connectivity index (χ0n) is 12.9. The molecule has 6 nitrogen and oxygen atoms in total. The zero-order valence-corrected chi connectivity index (χ0v) is 12.9. The predicted octanol–water partition coefficient (Wildman–Crippen LogP) is 1.73. The maximum atomic E-state index is 12.3. The molecule has 1 aromatic carbocycles. The third kappa shape index (κ3) is 3.01. The van der Waals surface area contributed by atoms with E-state index >= 15 is 0 Å². The molecule has 2 aliphatic rings. The molecule has 0 radical (unpaired) electrons. The number of esters is 1. The molecule has 2 saturated heterocycles. The highest BCUT2D eigenvalue weighted by molar-refractivity contribution is 5.89. The number of carbonyl (C=O) groups is 1. The van der Waals surface area contributed by atoms with E-state index in [-0.39, 0.29) is 6.10 Å². The number of carbonyl (C=O) groups excluding carboxylic acids is 1. The molecule has 0 bridgehead atoms. The molecule has 0 N–H and O–H groups in total. The molecular formula is C16H20O6. The van der Waals surface area contributed by atoms with Gasteiger partial charge in [-0.05, 0) is 26.0 Å². The van der Waals surface area contributed by atoms with E-state index in [1.165, 1.54) is 7.11 Å². The smallest absolute Gasteiger partial charge is 0.338 e. The number of benzene rings is 1. The molecule has 0 aromatic heterocycles. The van der Waals surface area contributed by atoms with Crippen LogP contribution in [-0.2, 0) is 23.7 Å². The molecule has 1 aromatic rings. The van der Waals surface area contributed by atoms with Gasteiger partial charge in [0.05, 0.1) is 12.2 Å². The number of fused-ring (bicyclic) bond motifs is 1. The summed E-state index contributed by atoms with van der Waals surface area (Å²) in [5.74, 6) is -1.17. The van der Waals surface area contributed by atoms with Crippen LogP contribution in [0.5, 0.6) is 0 Å². The first-order valence-corrected chi connectivity index (χ1v) is 7.26. The van der Waals surface area contributed by atoms with Gasteiger partial charge in [-0.3, -0.25) is 0 Å². The lowest BCUT2D eigenvalue weighted by Gasteiger charge is -2.38. The van der Waals surface area contributed by atoms with E-state index in [1.807, 2.05) is 19.9 Å². The van der Waals surface area contributed by atoms with Gasteiger partial charge in [0, 0.05) is 7.11 Å². The van der Waals surface area contributed by atoms with Crippen molar-refractivity contribution in [2.24, 2.45) is 0 Å². The fourth-order valence-corrected chi connectivity index (χ4v) is 2.69. The van der Waals surface area contributed by atoms with Gasteiger partial charge in [-0.1, -0.05) is 18.2 Å². The summed E-state index contributed by atoms with van der Waals surface area (Å²) in [6, 6.07) is 8.81. The van der Waals surface area contributed by atoms with Gasteiger partial charge in [-0.2, -0.15) is 0 Å². The van der Waals surface area contributed by atoms with Crippen molar-refractivity contribution < 1.29 is 28.5 Å². The topological polar surface area (TPSA) is 63.2 Å². The van der Waals surface area contributed by atoms with Crippen molar-refractivity contribution in [2.45, 2.75) is 44.2 Å². The second kappa shape index (κ2) is 5.96. The Labute approximate surface area is 129 Å². The SMILES string of the molecule is COC1OC2COC(C)(C)OC2C1OC(=O)c1ccccc1. The van der Waals surface area contributed by atoms with Gasteiger partial charge in [0.15, 0.2) is 18.2 Å². The van der Waals surface area contributed by atoms with Crippen LogP contribution in [0.2, 0.25) is 0 Å². The Morgan fingerprint density at radius 3 is 2.68 bits per heavy atom. The van der Waals surface area contributed by atoms with Crippen molar-refractivity contribution in [2.75, 3.05) is 13.7 Å². The molecule has 4 unspecified atom stereocenters. The first-order valence-electron chi connectivity index (χ1n) is 7.26. The molecule has 4 atom stereocenters. The number of rotatable bonds is 3.